The molecule has 0 radical (unpaired) electrons. The van der Waals surface area contributed by atoms with Crippen molar-refractivity contribution >= 4 is 40.7 Å². The number of nitrogens with zero attached hydrogens (tertiary/aromatic N) is 1. The van der Waals surface area contributed by atoms with E-state index < -0.39 is 46.9 Å². The van der Waals surface area contributed by atoms with E-state index in [4.69, 9.17) is 25.8 Å². The number of hydrogen-bond acceptors (Lipinski definition) is 7. The second kappa shape index (κ2) is 8.26. The van der Waals surface area contributed by atoms with Crippen molar-refractivity contribution in [2.24, 2.45) is 11.8 Å². The Kier molecular flexibility index (Phi) is 5.22. The van der Waals surface area contributed by atoms with Gasteiger partial charge in [-0.1, -0.05) is 54.1 Å². The molecule has 3 aromatic rings. The number of rotatable bonds is 4. The van der Waals surface area contributed by atoms with Crippen molar-refractivity contribution in [3.05, 3.63) is 88.4 Å². The zero-order valence-corrected chi connectivity index (χ0v) is 20.5. The molecule has 0 saturated carbocycles. The first-order valence-electron chi connectivity index (χ1n) is 11.6. The van der Waals surface area contributed by atoms with Crippen molar-refractivity contribution in [1.82, 2.24) is 0 Å². The van der Waals surface area contributed by atoms with Crippen molar-refractivity contribution in [3.8, 4) is 11.5 Å². The molecule has 2 aliphatic heterocycles. The summed E-state index contributed by atoms with van der Waals surface area (Å²) in [5.74, 6) is -4.48. The van der Waals surface area contributed by atoms with Crippen LogP contribution in [0.1, 0.15) is 32.4 Å². The lowest BCUT2D eigenvalue weighted by Crippen LogP contribution is -2.51. The van der Waals surface area contributed by atoms with Crippen LogP contribution in [0.2, 0.25) is 5.02 Å². The van der Waals surface area contributed by atoms with Crippen LogP contribution in [0.15, 0.2) is 66.7 Å². The summed E-state index contributed by atoms with van der Waals surface area (Å²) in [6.45, 7) is 0. The fourth-order valence-corrected chi connectivity index (χ4v) is 5.96. The Bertz CT molecular complexity index is 1480. The summed E-state index contributed by atoms with van der Waals surface area (Å²) in [7, 11) is 2.89. The monoisotopic (exact) mass is 517 g/mol. The van der Waals surface area contributed by atoms with Gasteiger partial charge in [-0.3, -0.25) is 19.2 Å². The van der Waals surface area contributed by atoms with E-state index in [-0.39, 0.29) is 22.6 Å². The number of fused-ring (bicyclic) bond motifs is 3. The Morgan fingerprint density at radius 1 is 0.838 bits per heavy atom. The predicted octanol–water partition coefficient (Wildman–Crippen LogP) is 4.05. The molecule has 6 rings (SSSR count). The number of amides is 2. The minimum Gasteiger partial charge on any atom is -0.497 e. The molecule has 3 aromatic carbocycles. The Morgan fingerprint density at radius 3 is 2.11 bits per heavy atom. The number of hydrogen-bond donors (Lipinski definition) is 0. The Labute approximate surface area is 216 Å². The van der Waals surface area contributed by atoms with Crippen LogP contribution in [0, 0.1) is 11.8 Å². The van der Waals surface area contributed by atoms with Crippen LogP contribution >= 0.6 is 11.6 Å². The molecule has 1 aliphatic carbocycles. The van der Waals surface area contributed by atoms with Crippen molar-refractivity contribution in [2.75, 3.05) is 19.1 Å². The van der Waals surface area contributed by atoms with Crippen molar-refractivity contribution in [2.45, 2.75) is 11.7 Å². The molecule has 2 fully saturated rings. The summed E-state index contributed by atoms with van der Waals surface area (Å²) in [6.07, 6.45) is -1.10. The Hall–Kier alpha value is -4.01. The third-order valence-electron chi connectivity index (χ3n) is 7.36. The lowest BCUT2D eigenvalue weighted by molar-refractivity contribution is -0.127. The fraction of sp³-hybridized carbons (Fsp3) is 0.214. The third-order valence-corrected chi connectivity index (χ3v) is 7.70. The highest BCUT2D eigenvalue weighted by atomic mass is 35.5. The van der Waals surface area contributed by atoms with Gasteiger partial charge in [-0.2, -0.15) is 0 Å². The maximum atomic E-state index is 14.1. The largest absolute Gasteiger partial charge is 0.497 e. The van der Waals surface area contributed by atoms with Crippen LogP contribution in [-0.2, 0) is 14.3 Å². The predicted molar refractivity (Wildman–Crippen MR) is 132 cm³/mol. The van der Waals surface area contributed by atoms with Crippen LogP contribution in [-0.4, -0.2) is 43.2 Å². The van der Waals surface area contributed by atoms with Gasteiger partial charge in [0.2, 0.25) is 29.0 Å². The molecule has 3 atom stereocenters. The number of ketones is 2. The van der Waals surface area contributed by atoms with Crippen LogP contribution in [0.5, 0.6) is 11.5 Å². The van der Waals surface area contributed by atoms with Crippen LogP contribution in [0.4, 0.5) is 5.69 Å². The highest BCUT2D eigenvalue weighted by Crippen LogP contribution is 2.58. The van der Waals surface area contributed by atoms with E-state index in [2.05, 4.69) is 0 Å². The van der Waals surface area contributed by atoms with E-state index in [1.54, 1.807) is 48.5 Å². The fourth-order valence-electron chi connectivity index (χ4n) is 5.71. The zero-order valence-electron chi connectivity index (χ0n) is 19.8. The number of carbonyl (C=O) groups excluding carboxylic acids is 4. The number of Topliss-reactive ketones (excluding diaryl/α,β-unsaturated/α-hetero) is 2. The number of imide groups is 1. The molecule has 3 aliphatic rings. The average molecular weight is 518 g/mol. The molecule has 0 unspecified atom stereocenters. The summed E-state index contributed by atoms with van der Waals surface area (Å²) in [4.78, 5) is 56.7. The number of methoxy groups -OCH3 is 2. The van der Waals surface area contributed by atoms with E-state index in [0.29, 0.717) is 16.3 Å². The molecule has 8 nitrogen and oxygen atoms in total. The second-order valence-electron chi connectivity index (χ2n) is 9.05. The lowest BCUT2D eigenvalue weighted by Gasteiger charge is -2.28. The van der Waals surface area contributed by atoms with E-state index >= 15 is 0 Å². The molecule has 9 heteroatoms. The average Bonchev–Trinajstić information content (AvgIpc) is 3.48. The summed E-state index contributed by atoms with van der Waals surface area (Å²) >= 11 is 6.48. The van der Waals surface area contributed by atoms with Gasteiger partial charge < -0.3 is 14.2 Å². The number of anilines is 1. The topological polar surface area (TPSA) is 99.2 Å². The van der Waals surface area contributed by atoms with Gasteiger partial charge in [0, 0.05) is 27.8 Å². The van der Waals surface area contributed by atoms with Gasteiger partial charge in [-0.05, 0) is 18.2 Å². The normalized spacial score (nSPS) is 23.5. The summed E-state index contributed by atoms with van der Waals surface area (Å²) in [6, 6.07) is 17.7. The Morgan fingerprint density at radius 2 is 1.49 bits per heavy atom. The van der Waals surface area contributed by atoms with Crippen molar-refractivity contribution in [1.29, 1.82) is 0 Å². The summed E-state index contributed by atoms with van der Waals surface area (Å²) < 4.78 is 17.0. The van der Waals surface area contributed by atoms with Gasteiger partial charge in [0.1, 0.15) is 11.5 Å². The molecule has 0 aromatic heterocycles. The Balaban J connectivity index is 1.56. The first-order valence-corrected chi connectivity index (χ1v) is 11.9. The minimum atomic E-state index is -2.18. The maximum absolute atomic E-state index is 14.1. The molecule has 186 valence electrons. The molecule has 2 heterocycles. The van der Waals surface area contributed by atoms with E-state index in [0.717, 1.165) is 4.90 Å². The van der Waals surface area contributed by atoms with Gasteiger partial charge >= 0.3 is 0 Å². The zero-order chi connectivity index (χ0) is 26.1. The minimum absolute atomic E-state index is 0.159. The third kappa shape index (κ3) is 3.00. The summed E-state index contributed by atoms with van der Waals surface area (Å²) in [5, 5.41) is 0.291. The number of carbonyl (C=O) groups is 4. The van der Waals surface area contributed by atoms with E-state index in [1.807, 2.05) is 0 Å². The van der Waals surface area contributed by atoms with Crippen molar-refractivity contribution < 1.29 is 33.4 Å². The van der Waals surface area contributed by atoms with Gasteiger partial charge in [0.25, 0.3) is 0 Å². The molecule has 1 spiro atoms. The van der Waals surface area contributed by atoms with Gasteiger partial charge in [-0.25, -0.2) is 4.90 Å². The molecule has 2 saturated heterocycles. The quantitative estimate of drug-likeness (QED) is 0.380. The highest BCUT2D eigenvalue weighted by Gasteiger charge is 2.75. The van der Waals surface area contributed by atoms with Gasteiger partial charge in [0.05, 0.1) is 37.8 Å². The number of ether oxygens (including phenoxy) is 3. The first-order chi connectivity index (χ1) is 17.8. The lowest BCUT2D eigenvalue weighted by atomic mass is 9.77. The van der Waals surface area contributed by atoms with Crippen LogP contribution in [0.25, 0.3) is 0 Å². The molecular formula is C28H20ClNO7. The molecular weight excluding hydrogens is 498 g/mol. The first kappa shape index (κ1) is 23.4. The SMILES string of the molecule is COc1ccc(N2C(=O)[C@@H]3[C@H](c4ccccc4Cl)OC4(C(=O)c5ccccc5C4=O)[C@H]3C2=O)c(OC)c1. The van der Waals surface area contributed by atoms with Crippen LogP contribution in [0.3, 0.4) is 0 Å². The second-order valence-corrected chi connectivity index (χ2v) is 9.46. The number of benzene rings is 3. The van der Waals surface area contributed by atoms with E-state index in [9.17, 15) is 19.2 Å². The maximum Gasteiger partial charge on any atom is 0.241 e. The van der Waals surface area contributed by atoms with E-state index in [1.165, 1.54) is 32.4 Å². The van der Waals surface area contributed by atoms with Gasteiger partial charge in [0.15, 0.2) is 0 Å². The molecule has 0 bridgehead atoms. The highest BCUT2D eigenvalue weighted by molar-refractivity contribution is 6.37. The van der Waals surface area contributed by atoms with Gasteiger partial charge in [-0.15, -0.1) is 0 Å². The standard InChI is InChI=1S/C28H20ClNO7/c1-35-14-11-12-19(20(13-14)36-2)30-26(33)21-22(27(30)34)28(37-23(21)17-9-5-6-10-18(17)29)24(31)15-7-3-4-8-16(15)25(28)32/h3-13,21-23H,1-2H3/t21-,22+,23-/m0/s1. The molecule has 0 N–H and O–H groups in total. The summed E-state index contributed by atoms with van der Waals surface area (Å²) in [5.41, 5.74) is -1.27. The smallest absolute Gasteiger partial charge is 0.241 e. The molecule has 37 heavy (non-hydrogen) atoms. The molecule has 2 amide bonds. The number of halogens is 1. The van der Waals surface area contributed by atoms with Crippen molar-refractivity contribution in [3.63, 3.8) is 0 Å². The van der Waals surface area contributed by atoms with Crippen LogP contribution < -0.4 is 14.4 Å².